The Hall–Kier alpha value is -3.85. The zero-order valence-corrected chi connectivity index (χ0v) is 22.5. The summed E-state index contributed by atoms with van der Waals surface area (Å²) in [7, 11) is 0. The van der Waals surface area contributed by atoms with E-state index in [1.807, 2.05) is 12.3 Å². The first kappa shape index (κ1) is 23.5. The van der Waals surface area contributed by atoms with Crippen LogP contribution in [-0.2, 0) is 11.8 Å². The van der Waals surface area contributed by atoms with E-state index >= 15 is 0 Å². The van der Waals surface area contributed by atoms with Gasteiger partial charge in [-0.3, -0.25) is 4.98 Å². The molecule has 3 aromatic carbocycles. The summed E-state index contributed by atoms with van der Waals surface area (Å²) in [5.74, 6) is 2.41. The van der Waals surface area contributed by atoms with E-state index in [0.717, 1.165) is 51.3 Å². The van der Waals surface area contributed by atoms with Crippen molar-refractivity contribution >= 4 is 32.7 Å². The van der Waals surface area contributed by atoms with Crippen LogP contribution in [0.25, 0.3) is 55.3 Å². The van der Waals surface area contributed by atoms with Crippen LogP contribution >= 0.6 is 0 Å². The average Bonchev–Trinajstić information content (AvgIpc) is 3.43. The Kier molecular flexibility index (Phi) is 5.49. The van der Waals surface area contributed by atoms with Gasteiger partial charge >= 0.3 is 0 Å². The number of fused-ring (bicyclic) bond motifs is 3. The van der Waals surface area contributed by atoms with Gasteiger partial charge in [0.2, 0.25) is 0 Å². The second-order valence-corrected chi connectivity index (χ2v) is 11.6. The number of benzene rings is 3. The first-order valence-electron chi connectivity index (χ1n) is 13.1. The smallest absolute Gasteiger partial charge is 0.161 e. The van der Waals surface area contributed by atoms with E-state index in [4.69, 9.17) is 13.8 Å². The van der Waals surface area contributed by atoms with Crippen molar-refractivity contribution < 1.29 is 8.83 Å². The van der Waals surface area contributed by atoms with Crippen LogP contribution in [-0.4, -0.2) is 4.98 Å². The van der Waals surface area contributed by atoms with Gasteiger partial charge in [-0.05, 0) is 83.5 Å². The molecule has 0 saturated carbocycles. The number of hydrogen-bond donors (Lipinski definition) is 0. The molecule has 0 aliphatic heterocycles. The summed E-state index contributed by atoms with van der Waals surface area (Å²) in [6.07, 6.45) is 2.88. The molecule has 0 saturated heterocycles. The topological polar surface area (TPSA) is 39.2 Å². The first-order valence-corrected chi connectivity index (χ1v) is 13.1. The largest absolute Gasteiger partial charge is 0.461 e. The third-order valence-corrected chi connectivity index (χ3v) is 7.27. The SMILES string of the molecule is Cc1oc2ccc(-c3cc4ccnc(-c5cc(C(C)(C)C)c6ccccc6c5)c4o3)cc2c1CC(C)C. The van der Waals surface area contributed by atoms with Crippen LogP contribution in [0.15, 0.2) is 81.8 Å². The maximum Gasteiger partial charge on any atom is 0.161 e. The number of furan rings is 2. The summed E-state index contributed by atoms with van der Waals surface area (Å²) in [5, 5.41) is 4.73. The molecule has 0 amide bonds. The Morgan fingerprint density at radius 2 is 1.62 bits per heavy atom. The molecule has 6 rings (SSSR count). The first-order chi connectivity index (χ1) is 17.7. The highest BCUT2D eigenvalue weighted by molar-refractivity contribution is 5.97. The van der Waals surface area contributed by atoms with Gasteiger partial charge in [-0.2, -0.15) is 0 Å². The highest BCUT2D eigenvalue weighted by Gasteiger charge is 2.21. The summed E-state index contributed by atoms with van der Waals surface area (Å²) in [6, 6.07) is 23.6. The van der Waals surface area contributed by atoms with Gasteiger partial charge in [0.25, 0.3) is 0 Å². The van der Waals surface area contributed by atoms with Gasteiger partial charge < -0.3 is 8.83 Å². The van der Waals surface area contributed by atoms with Crippen LogP contribution in [0, 0.1) is 12.8 Å². The molecule has 0 unspecified atom stereocenters. The quantitative estimate of drug-likeness (QED) is 0.248. The molecular weight excluding hydrogens is 454 g/mol. The van der Waals surface area contributed by atoms with Crippen molar-refractivity contribution in [1.82, 2.24) is 4.98 Å². The summed E-state index contributed by atoms with van der Waals surface area (Å²) in [4.78, 5) is 4.81. The summed E-state index contributed by atoms with van der Waals surface area (Å²) < 4.78 is 12.6. The van der Waals surface area contributed by atoms with Gasteiger partial charge in [-0.15, -0.1) is 0 Å². The molecule has 0 bridgehead atoms. The van der Waals surface area contributed by atoms with Gasteiger partial charge in [-0.25, -0.2) is 0 Å². The molecule has 0 N–H and O–H groups in total. The Morgan fingerprint density at radius 3 is 2.41 bits per heavy atom. The van der Waals surface area contributed by atoms with Crippen molar-refractivity contribution in [3.05, 3.63) is 89.8 Å². The molecule has 3 heteroatoms. The molecule has 3 aromatic heterocycles. The predicted molar refractivity (Wildman–Crippen MR) is 154 cm³/mol. The Balaban J connectivity index is 1.51. The molecule has 0 fully saturated rings. The van der Waals surface area contributed by atoms with Crippen LogP contribution in [0.4, 0.5) is 0 Å². The van der Waals surface area contributed by atoms with Crippen LogP contribution in [0.5, 0.6) is 0 Å². The molecule has 0 atom stereocenters. The molecule has 6 aromatic rings. The van der Waals surface area contributed by atoms with E-state index in [1.165, 1.54) is 27.3 Å². The fourth-order valence-corrected chi connectivity index (χ4v) is 5.47. The lowest BCUT2D eigenvalue weighted by Crippen LogP contribution is -2.12. The van der Waals surface area contributed by atoms with E-state index in [2.05, 4.69) is 102 Å². The van der Waals surface area contributed by atoms with E-state index in [9.17, 15) is 0 Å². The fourth-order valence-electron chi connectivity index (χ4n) is 5.47. The molecule has 0 radical (unpaired) electrons. The van der Waals surface area contributed by atoms with Crippen molar-refractivity contribution in [2.75, 3.05) is 0 Å². The van der Waals surface area contributed by atoms with Crippen molar-refractivity contribution in [2.24, 2.45) is 5.92 Å². The Morgan fingerprint density at radius 1 is 0.811 bits per heavy atom. The Labute approximate surface area is 218 Å². The predicted octanol–water partition coefficient (Wildman–Crippen LogP) is 9.87. The number of nitrogens with zero attached hydrogens (tertiary/aromatic N) is 1. The molecule has 37 heavy (non-hydrogen) atoms. The van der Waals surface area contributed by atoms with Crippen molar-refractivity contribution in [1.29, 1.82) is 0 Å². The van der Waals surface area contributed by atoms with Gasteiger partial charge in [0, 0.05) is 33.7 Å². The molecular formula is C34H33NO2. The second kappa shape index (κ2) is 8.62. The number of aromatic nitrogens is 1. The lowest BCUT2D eigenvalue weighted by atomic mass is 9.82. The van der Waals surface area contributed by atoms with E-state index in [1.54, 1.807) is 0 Å². The lowest BCUT2D eigenvalue weighted by Gasteiger charge is -2.22. The van der Waals surface area contributed by atoms with Crippen LogP contribution in [0.2, 0.25) is 0 Å². The lowest BCUT2D eigenvalue weighted by molar-refractivity contribution is 0.560. The van der Waals surface area contributed by atoms with Crippen LogP contribution in [0.1, 0.15) is 51.5 Å². The van der Waals surface area contributed by atoms with Crippen molar-refractivity contribution in [3.63, 3.8) is 0 Å². The van der Waals surface area contributed by atoms with Crippen molar-refractivity contribution in [3.8, 4) is 22.6 Å². The second-order valence-electron chi connectivity index (χ2n) is 11.6. The minimum absolute atomic E-state index is 0.00363. The molecule has 0 spiro atoms. The third kappa shape index (κ3) is 4.13. The average molecular weight is 488 g/mol. The fraction of sp³-hybridized carbons (Fsp3) is 0.265. The molecule has 3 nitrogen and oxygen atoms in total. The van der Waals surface area contributed by atoms with E-state index < -0.39 is 0 Å². The van der Waals surface area contributed by atoms with Gasteiger partial charge in [0.05, 0.1) is 0 Å². The molecule has 0 aliphatic rings. The molecule has 3 heterocycles. The number of rotatable bonds is 4. The maximum atomic E-state index is 6.56. The van der Waals surface area contributed by atoms with Crippen LogP contribution < -0.4 is 0 Å². The van der Waals surface area contributed by atoms with Gasteiger partial charge in [0.1, 0.15) is 22.8 Å². The summed E-state index contributed by atoms with van der Waals surface area (Å²) in [6.45, 7) is 13.3. The van der Waals surface area contributed by atoms with Crippen LogP contribution in [0.3, 0.4) is 0 Å². The highest BCUT2D eigenvalue weighted by atomic mass is 16.3. The normalized spacial score (nSPS) is 12.4. The number of aryl methyl sites for hydroxylation is 1. The maximum absolute atomic E-state index is 6.56. The van der Waals surface area contributed by atoms with E-state index in [-0.39, 0.29) is 5.41 Å². The monoisotopic (exact) mass is 487 g/mol. The molecule has 186 valence electrons. The highest BCUT2D eigenvalue weighted by Crippen LogP contribution is 2.39. The number of hydrogen-bond acceptors (Lipinski definition) is 3. The van der Waals surface area contributed by atoms with Gasteiger partial charge in [-0.1, -0.05) is 58.9 Å². The van der Waals surface area contributed by atoms with Crippen molar-refractivity contribution in [2.45, 2.75) is 53.4 Å². The van der Waals surface area contributed by atoms with E-state index in [0.29, 0.717) is 5.92 Å². The third-order valence-electron chi connectivity index (χ3n) is 7.27. The minimum atomic E-state index is 0.00363. The standard InChI is InChI=1S/C34H33NO2/c1-20(2)15-27-21(3)36-30-12-11-23(17-28(27)30)31-19-24-13-14-35-32(33(24)37-31)25-16-22-9-7-8-10-26(22)29(18-25)34(4,5)6/h7-14,16-20H,15H2,1-6H3. The summed E-state index contributed by atoms with van der Waals surface area (Å²) >= 11 is 0. The molecule has 0 aliphatic carbocycles. The zero-order chi connectivity index (χ0) is 25.9. The summed E-state index contributed by atoms with van der Waals surface area (Å²) in [5.41, 5.74) is 7.36. The minimum Gasteiger partial charge on any atom is -0.461 e. The van der Waals surface area contributed by atoms with Gasteiger partial charge in [0.15, 0.2) is 5.58 Å². The Bertz CT molecular complexity index is 1780. The zero-order valence-electron chi connectivity index (χ0n) is 22.5. The number of pyridine rings is 1.